The fourth-order valence-corrected chi connectivity index (χ4v) is 2.25. The molecule has 1 aliphatic heterocycles. The third kappa shape index (κ3) is 1.82. The fourth-order valence-electron chi connectivity index (χ4n) is 2.09. The van der Waals surface area contributed by atoms with Gasteiger partial charge in [0.15, 0.2) is 5.82 Å². The first-order chi connectivity index (χ1) is 8.75. The minimum Gasteiger partial charge on any atom is -0.389 e. The topological polar surface area (TPSA) is 72.9 Å². The Bertz CT molecular complexity index is 593. The van der Waals surface area contributed by atoms with E-state index in [9.17, 15) is 0 Å². The van der Waals surface area contributed by atoms with Gasteiger partial charge in [0.2, 0.25) is 0 Å². The van der Waals surface area contributed by atoms with Crippen LogP contribution < -0.4 is 10.6 Å². The van der Waals surface area contributed by atoms with Crippen LogP contribution in [0.4, 0.5) is 5.82 Å². The first-order valence-corrected chi connectivity index (χ1v) is 6.03. The molecular formula is C11H12N6S. The van der Waals surface area contributed by atoms with Crippen molar-refractivity contribution >= 4 is 23.0 Å². The van der Waals surface area contributed by atoms with Crippen LogP contribution in [0, 0.1) is 0 Å². The van der Waals surface area contributed by atoms with Crippen molar-refractivity contribution < 1.29 is 0 Å². The van der Waals surface area contributed by atoms with Gasteiger partial charge in [0, 0.05) is 19.3 Å². The Balaban J connectivity index is 1.95. The smallest absolute Gasteiger partial charge is 0.152 e. The maximum atomic E-state index is 5.73. The zero-order valence-electron chi connectivity index (χ0n) is 9.65. The first kappa shape index (κ1) is 11.1. The van der Waals surface area contributed by atoms with Crippen LogP contribution in [-0.2, 0) is 13.1 Å². The number of nitrogens with two attached hydrogens (primary N) is 1. The van der Waals surface area contributed by atoms with Crippen LogP contribution in [0.15, 0.2) is 24.7 Å². The summed E-state index contributed by atoms with van der Waals surface area (Å²) in [7, 11) is 0. The van der Waals surface area contributed by atoms with Crippen LogP contribution in [0.2, 0.25) is 0 Å². The number of hydrogen-bond acceptors (Lipinski definition) is 5. The van der Waals surface area contributed by atoms with Gasteiger partial charge < -0.3 is 15.2 Å². The van der Waals surface area contributed by atoms with Crippen molar-refractivity contribution in [2.75, 3.05) is 11.4 Å². The lowest BCUT2D eigenvalue weighted by Gasteiger charge is -2.29. The second kappa shape index (κ2) is 4.34. The zero-order valence-corrected chi connectivity index (χ0v) is 10.5. The first-order valence-electron chi connectivity index (χ1n) is 5.62. The predicted octanol–water partition coefficient (Wildman–Crippen LogP) is 0.327. The van der Waals surface area contributed by atoms with Gasteiger partial charge in [0.05, 0.1) is 12.1 Å². The molecule has 6 nitrogen and oxygen atoms in total. The molecule has 2 aromatic heterocycles. The van der Waals surface area contributed by atoms with Gasteiger partial charge in [-0.2, -0.15) is 0 Å². The van der Waals surface area contributed by atoms with Gasteiger partial charge in [-0.25, -0.2) is 4.98 Å². The van der Waals surface area contributed by atoms with Crippen molar-refractivity contribution in [3.63, 3.8) is 0 Å². The summed E-state index contributed by atoms with van der Waals surface area (Å²) in [6.07, 6.45) is 3.50. The Kier molecular flexibility index (Phi) is 2.67. The molecular weight excluding hydrogens is 248 g/mol. The van der Waals surface area contributed by atoms with Crippen LogP contribution in [0.1, 0.15) is 11.4 Å². The lowest BCUT2D eigenvalue weighted by Crippen LogP contribution is -2.35. The highest BCUT2D eigenvalue weighted by molar-refractivity contribution is 7.80. The van der Waals surface area contributed by atoms with Crippen molar-refractivity contribution in [2.24, 2.45) is 5.73 Å². The Hall–Kier alpha value is -2.02. The average Bonchev–Trinajstić information content (AvgIpc) is 2.85. The molecule has 92 valence electrons. The molecule has 0 radical (unpaired) electrons. The molecule has 3 rings (SSSR count). The zero-order chi connectivity index (χ0) is 12.5. The van der Waals surface area contributed by atoms with Crippen molar-refractivity contribution in [1.82, 2.24) is 19.7 Å². The van der Waals surface area contributed by atoms with E-state index in [1.165, 1.54) is 0 Å². The normalized spacial score (nSPS) is 14.3. The summed E-state index contributed by atoms with van der Waals surface area (Å²) in [4.78, 5) is 6.87. The standard InChI is InChI=1S/C11H12N6S/c12-10(18)8-2-1-3-13-11(8)16-4-5-17-7-14-15-9(17)6-16/h1-3,7H,4-6H2,(H2,12,18). The van der Waals surface area contributed by atoms with E-state index in [2.05, 4.69) is 20.1 Å². The summed E-state index contributed by atoms with van der Waals surface area (Å²) >= 11 is 5.06. The molecule has 0 atom stereocenters. The van der Waals surface area contributed by atoms with Crippen LogP contribution in [0.5, 0.6) is 0 Å². The molecule has 0 amide bonds. The molecule has 0 saturated carbocycles. The van der Waals surface area contributed by atoms with Crippen LogP contribution in [0.25, 0.3) is 0 Å². The highest BCUT2D eigenvalue weighted by Gasteiger charge is 2.21. The number of rotatable bonds is 2. The molecule has 0 saturated heterocycles. The molecule has 3 heterocycles. The minimum absolute atomic E-state index is 0.366. The SMILES string of the molecule is NC(=S)c1cccnc1N1CCn2cnnc2C1. The van der Waals surface area contributed by atoms with Crippen molar-refractivity contribution in [2.45, 2.75) is 13.1 Å². The summed E-state index contributed by atoms with van der Waals surface area (Å²) < 4.78 is 2.04. The van der Waals surface area contributed by atoms with Gasteiger partial charge in [-0.1, -0.05) is 12.2 Å². The maximum absolute atomic E-state index is 5.73. The summed E-state index contributed by atoms with van der Waals surface area (Å²) in [6, 6.07) is 3.73. The molecule has 0 unspecified atom stereocenters. The Morgan fingerprint density at radius 3 is 3.11 bits per heavy atom. The van der Waals surface area contributed by atoms with Crippen molar-refractivity contribution in [1.29, 1.82) is 0 Å². The van der Waals surface area contributed by atoms with E-state index in [1.54, 1.807) is 12.5 Å². The lowest BCUT2D eigenvalue weighted by molar-refractivity contribution is 0.556. The molecule has 0 aliphatic carbocycles. The summed E-state index contributed by atoms with van der Waals surface area (Å²) in [5.41, 5.74) is 6.53. The summed E-state index contributed by atoms with van der Waals surface area (Å²) in [5, 5.41) is 7.99. The van der Waals surface area contributed by atoms with Crippen molar-refractivity contribution in [3.8, 4) is 0 Å². The quantitative estimate of drug-likeness (QED) is 0.784. The van der Waals surface area contributed by atoms with E-state index in [1.807, 2.05) is 16.7 Å². The van der Waals surface area contributed by atoms with E-state index < -0.39 is 0 Å². The molecule has 0 spiro atoms. The number of thiocarbonyl (C=S) groups is 1. The van der Waals surface area contributed by atoms with E-state index in [-0.39, 0.29) is 0 Å². The Labute approximate surface area is 109 Å². The maximum Gasteiger partial charge on any atom is 0.152 e. The van der Waals surface area contributed by atoms with Gasteiger partial charge in [-0.15, -0.1) is 10.2 Å². The molecule has 18 heavy (non-hydrogen) atoms. The predicted molar refractivity (Wildman–Crippen MR) is 71.2 cm³/mol. The highest BCUT2D eigenvalue weighted by Crippen LogP contribution is 2.21. The fraction of sp³-hybridized carbons (Fsp3) is 0.273. The number of aromatic nitrogens is 4. The van der Waals surface area contributed by atoms with E-state index >= 15 is 0 Å². The minimum atomic E-state index is 0.366. The van der Waals surface area contributed by atoms with E-state index in [4.69, 9.17) is 18.0 Å². The summed E-state index contributed by atoms with van der Waals surface area (Å²) in [6.45, 7) is 2.36. The average molecular weight is 260 g/mol. The Morgan fingerprint density at radius 2 is 2.28 bits per heavy atom. The monoisotopic (exact) mass is 260 g/mol. The van der Waals surface area contributed by atoms with Gasteiger partial charge in [0.1, 0.15) is 17.1 Å². The molecule has 1 aliphatic rings. The number of pyridine rings is 1. The molecule has 2 N–H and O–H groups in total. The van der Waals surface area contributed by atoms with Gasteiger partial charge >= 0.3 is 0 Å². The second-order valence-electron chi connectivity index (χ2n) is 4.10. The summed E-state index contributed by atoms with van der Waals surface area (Å²) in [5.74, 6) is 1.75. The van der Waals surface area contributed by atoms with Gasteiger partial charge in [-0.05, 0) is 12.1 Å². The van der Waals surface area contributed by atoms with Crippen LogP contribution in [-0.4, -0.2) is 31.3 Å². The van der Waals surface area contributed by atoms with Crippen LogP contribution in [0.3, 0.4) is 0 Å². The third-order valence-corrected chi connectivity index (χ3v) is 3.21. The number of anilines is 1. The third-order valence-electron chi connectivity index (χ3n) is 2.99. The number of nitrogens with zero attached hydrogens (tertiary/aromatic N) is 5. The van der Waals surface area contributed by atoms with Gasteiger partial charge in [0.25, 0.3) is 0 Å². The number of fused-ring (bicyclic) bond motifs is 1. The molecule has 7 heteroatoms. The molecule has 0 aromatic carbocycles. The van der Waals surface area contributed by atoms with Crippen LogP contribution >= 0.6 is 12.2 Å². The van der Waals surface area contributed by atoms with Crippen molar-refractivity contribution in [3.05, 3.63) is 36.0 Å². The molecule has 0 bridgehead atoms. The Morgan fingerprint density at radius 1 is 1.39 bits per heavy atom. The lowest BCUT2D eigenvalue weighted by atomic mass is 10.2. The highest BCUT2D eigenvalue weighted by atomic mass is 32.1. The molecule has 0 fully saturated rings. The largest absolute Gasteiger partial charge is 0.389 e. The second-order valence-corrected chi connectivity index (χ2v) is 4.54. The van der Waals surface area contributed by atoms with Gasteiger partial charge in [-0.3, -0.25) is 0 Å². The molecule has 2 aromatic rings. The van der Waals surface area contributed by atoms with E-state index in [0.717, 1.165) is 30.3 Å². The van der Waals surface area contributed by atoms with E-state index in [0.29, 0.717) is 11.5 Å². The number of hydrogen-bond donors (Lipinski definition) is 1.